The number of nitrogens with zero attached hydrogens (tertiary/aromatic N) is 2. The summed E-state index contributed by atoms with van der Waals surface area (Å²) in [5, 5.41) is 3.90. The zero-order valence-electron chi connectivity index (χ0n) is 9.01. The van der Waals surface area contributed by atoms with E-state index in [9.17, 15) is 4.79 Å². The molecule has 88 valence electrons. The highest BCUT2D eigenvalue weighted by atomic mass is 35.5. The Bertz CT molecular complexity index is 528. The van der Waals surface area contributed by atoms with Crippen LogP contribution in [0.1, 0.15) is 17.3 Å². The van der Waals surface area contributed by atoms with E-state index in [1.165, 1.54) is 17.5 Å². The standard InChI is InChI=1S/C11H9ClN2O2S/c1-2-16-10(15)8-5-13-11(12)14-9(8)7-3-4-17-6-7/h3-6H,2H2,1H3. The van der Waals surface area contributed by atoms with Crippen molar-refractivity contribution in [3.05, 3.63) is 33.9 Å². The van der Waals surface area contributed by atoms with Gasteiger partial charge >= 0.3 is 5.97 Å². The van der Waals surface area contributed by atoms with Gasteiger partial charge in [0.05, 0.1) is 12.3 Å². The summed E-state index contributed by atoms with van der Waals surface area (Å²) in [6, 6.07) is 1.87. The fourth-order valence-corrected chi connectivity index (χ4v) is 2.11. The lowest BCUT2D eigenvalue weighted by atomic mass is 10.1. The lowest BCUT2D eigenvalue weighted by molar-refractivity contribution is 0.0526. The van der Waals surface area contributed by atoms with Crippen LogP contribution < -0.4 is 0 Å². The van der Waals surface area contributed by atoms with Gasteiger partial charge in [0.2, 0.25) is 5.28 Å². The molecule has 2 aromatic heterocycles. The van der Waals surface area contributed by atoms with E-state index in [2.05, 4.69) is 9.97 Å². The molecule has 0 radical (unpaired) electrons. The largest absolute Gasteiger partial charge is 0.462 e. The van der Waals surface area contributed by atoms with Gasteiger partial charge in [-0.2, -0.15) is 11.3 Å². The quantitative estimate of drug-likeness (QED) is 0.634. The van der Waals surface area contributed by atoms with Crippen LogP contribution in [0, 0.1) is 0 Å². The Morgan fingerprint density at radius 1 is 1.59 bits per heavy atom. The molecule has 4 nitrogen and oxygen atoms in total. The Morgan fingerprint density at radius 3 is 3.06 bits per heavy atom. The summed E-state index contributed by atoms with van der Waals surface area (Å²) in [5.74, 6) is -0.439. The van der Waals surface area contributed by atoms with Gasteiger partial charge < -0.3 is 4.74 Å². The summed E-state index contributed by atoms with van der Waals surface area (Å²) in [6.45, 7) is 2.06. The molecule has 0 unspecified atom stereocenters. The van der Waals surface area contributed by atoms with E-state index in [0.717, 1.165) is 5.56 Å². The number of carbonyl (C=O) groups is 1. The zero-order chi connectivity index (χ0) is 12.3. The number of esters is 1. The fourth-order valence-electron chi connectivity index (χ4n) is 1.34. The number of halogens is 1. The molecule has 0 aliphatic heterocycles. The fraction of sp³-hybridized carbons (Fsp3) is 0.182. The smallest absolute Gasteiger partial charge is 0.341 e. The van der Waals surface area contributed by atoms with Crippen molar-refractivity contribution in [2.45, 2.75) is 6.92 Å². The summed E-state index contributed by atoms with van der Waals surface area (Å²) in [4.78, 5) is 19.6. The van der Waals surface area contributed by atoms with Crippen LogP contribution in [0.15, 0.2) is 23.0 Å². The van der Waals surface area contributed by atoms with Crippen LogP contribution in [0.25, 0.3) is 11.3 Å². The first-order chi connectivity index (χ1) is 8.22. The molecule has 0 bridgehead atoms. The van der Waals surface area contributed by atoms with E-state index < -0.39 is 5.97 Å². The van der Waals surface area contributed by atoms with E-state index in [1.54, 1.807) is 6.92 Å². The highest BCUT2D eigenvalue weighted by Crippen LogP contribution is 2.25. The molecule has 0 saturated heterocycles. The van der Waals surface area contributed by atoms with E-state index >= 15 is 0 Å². The predicted molar refractivity (Wildman–Crippen MR) is 66.3 cm³/mol. The van der Waals surface area contributed by atoms with Crippen LogP contribution in [0.5, 0.6) is 0 Å². The third-order valence-electron chi connectivity index (χ3n) is 2.05. The van der Waals surface area contributed by atoms with Gasteiger partial charge in [-0.05, 0) is 30.0 Å². The number of hydrogen-bond donors (Lipinski definition) is 0. The third-order valence-corrected chi connectivity index (χ3v) is 2.91. The second-order valence-corrected chi connectivity index (χ2v) is 4.25. The number of hydrogen-bond acceptors (Lipinski definition) is 5. The van der Waals surface area contributed by atoms with E-state index in [1.807, 2.05) is 16.8 Å². The van der Waals surface area contributed by atoms with E-state index in [4.69, 9.17) is 16.3 Å². The van der Waals surface area contributed by atoms with Crippen molar-refractivity contribution >= 4 is 28.9 Å². The number of aromatic nitrogens is 2. The number of carbonyl (C=O) groups excluding carboxylic acids is 1. The summed E-state index contributed by atoms with van der Waals surface area (Å²) in [6.07, 6.45) is 1.39. The molecule has 0 aliphatic carbocycles. The molecule has 0 saturated carbocycles. The van der Waals surface area contributed by atoms with Crippen molar-refractivity contribution < 1.29 is 9.53 Å². The maximum absolute atomic E-state index is 11.7. The molecule has 6 heteroatoms. The number of thiophene rings is 1. The second kappa shape index (κ2) is 5.25. The molecule has 0 N–H and O–H groups in total. The van der Waals surface area contributed by atoms with Gasteiger partial charge in [0.15, 0.2) is 0 Å². The van der Waals surface area contributed by atoms with Crippen LogP contribution >= 0.6 is 22.9 Å². The van der Waals surface area contributed by atoms with Gasteiger partial charge in [-0.3, -0.25) is 0 Å². The molecular weight excluding hydrogens is 260 g/mol. The van der Waals surface area contributed by atoms with Gasteiger partial charge in [0.25, 0.3) is 0 Å². The molecule has 0 atom stereocenters. The van der Waals surface area contributed by atoms with Crippen molar-refractivity contribution in [1.29, 1.82) is 0 Å². The lowest BCUT2D eigenvalue weighted by Crippen LogP contribution is -2.08. The Labute approximate surface area is 107 Å². The first kappa shape index (κ1) is 12.0. The molecule has 0 aromatic carbocycles. The summed E-state index contributed by atoms with van der Waals surface area (Å²) >= 11 is 7.26. The van der Waals surface area contributed by atoms with Crippen LogP contribution in [-0.2, 0) is 4.74 Å². The van der Waals surface area contributed by atoms with Crippen LogP contribution in [0.4, 0.5) is 0 Å². The minimum absolute atomic E-state index is 0.110. The molecular formula is C11H9ClN2O2S. The first-order valence-electron chi connectivity index (χ1n) is 4.94. The minimum atomic E-state index is -0.439. The van der Waals surface area contributed by atoms with Crippen molar-refractivity contribution in [1.82, 2.24) is 9.97 Å². The van der Waals surface area contributed by atoms with Gasteiger partial charge in [-0.25, -0.2) is 14.8 Å². The monoisotopic (exact) mass is 268 g/mol. The maximum atomic E-state index is 11.7. The van der Waals surface area contributed by atoms with Crippen molar-refractivity contribution in [2.24, 2.45) is 0 Å². The molecule has 0 amide bonds. The molecule has 2 heterocycles. The highest BCUT2D eigenvalue weighted by molar-refractivity contribution is 7.08. The maximum Gasteiger partial charge on any atom is 0.341 e. The minimum Gasteiger partial charge on any atom is -0.462 e. The molecule has 2 aromatic rings. The zero-order valence-corrected chi connectivity index (χ0v) is 10.6. The van der Waals surface area contributed by atoms with Crippen molar-refractivity contribution in [3.63, 3.8) is 0 Å². The van der Waals surface area contributed by atoms with Crippen molar-refractivity contribution in [2.75, 3.05) is 6.61 Å². The van der Waals surface area contributed by atoms with Gasteiger partial charge in [-0.1, -0.05) is 0 Å². The summed E-state index contributed by atoms with van der Waals surface area (Å²) < 4.78 is 4.95. The van der Waals surface area contributed by atoms with Crippen LogP contribution in [0.3, 0.4) is 0 Å². The SMILES string of the molecule is CCOC(=O)c1cnc(Cl)nc1-c1ccsc1. The number of ether oxygens (including phenoxy) is 1. The van der Waals surface area contributed by atoms with Crippen LogP contribution in [0.2, 0.25) is 5.28 Å². The molecule has 0 fully saturated rings. The Morgan fingerprint density at radius 2 is 2.41 bits per heavy atom. The average Bonchev–Trinajstić information content (AvgIpc) is 2.82. The summed E-state index contributed by atoms with van der Waals surface area (Å²) in [5.41, 5.74) is 1.67. The normalized spacial score (nSPS) is 10.2. The average molecular weight is 269 g/mol. The highest BCUT2D eigenvalue weighted by Gasteiger charge is 2.17. The first-order valence-corrected chi connectivity index (χ1v) is 6.26. The lowest BCUT2D eigenvalue weighted by Gasteiger charge is -2.06. The summed E-state index contributed by atoms with van der Waals surface area (Å²) in [7, 11) is 0. The van der Waals surface area contributed by atoms with Gasteiger partial charge in [0, 0.05) is 17.1 Å². The Balaban J connectivity index is 2.49. The Kier molecular flexibility index (Phi) is 3.71. The van der Waals surface area contributed by atoms with Gasteiger partial charge in [-0.15, -0.1) is 0 Å². The molecule has 0 spiro atoms. The third kappa shape index (κ3) is 2.62. The second-order valence-electron chi connectivity index (χ2n) is 3.13. The van der Waals surface area contributed by atoms with Crippen molar-refractivity contribution in [3.8, 4) is 11.3 Å². The van der Waals surface area contributed by atoms with Gasteiger partial charge in [0.1, 0.15) is 5.56 Å². The Hall–Kier alpha value is -1.46. The van der Waals surface area contributed by atoms with E-state index in [0.29, 0.717) is 17.9 Å². The predicted octanol–water partition coefficient (Wildman–Crippen LogP) is 3.04. The van der Waals surface area contributed by atoms with E-state index in [-0.39, 0.29) is 5.28 Å². The topological polar surface area (TPSA) is 52.1 Å². The number of rotatable bonds is 3. The molecule has 17 heavy (non-hydrogen) atoms. The van der Waals surface area contributed by atoms with Crippen LogP contribution in [-0.4, -0.2) is 22.5 Å². The molecule has 0 aliphatic rings. The molecule has 2 rings (SSSR count).